The molecule has 0 radical (unpaired) electrons. The van der Waals surface area contributed by atoms with E-state index in [1.54, 1.807) is 12.4 Å². The lowest BCUT2D eigenvalue weighted by molar-refractivity contribution is -0.152. The summed E-state index contributed by atoms with van der Waals surface area (Å²) in [4.78, 5) is 51.9. The van der Waals surface area contributed by atoms with Gasteiger partial charge in [0.15, 0.2) is 17.3 Å². The van der Waals surface area contributed by atoms with Crippen LogP contribution in [0.5, 0.6) is 0 Å². The van der Waals surface area contributed by atoms with Gasteiger partial charge in [0.25, 0.3) is 5.91 Å². The average Bonchev–Trinajstić information content (AvgIpc) is 3.73. The first kappa shape index (κ1) is 27.5. The van der Waals surface area contributed by atoms with Gasteiger partial charge in [-0.3, -0.25) is 19.4 Å². The van der Waals surface area contributed by atoms with Gasteiger partial charge in [-0.2, -0.15) is 0 Å². The van der Waals surface area contributed by atoms with E-state index in [-0.39, 0.29) is 25.4 Å². The van der Waals surface area contributed by atoms with Crippen molar-refractivity contribution in [1.82, 2.24) is 30.5 Å². The third kappa shape index (κ3) is 5.58. The Hall–Kier alpha value is -4.68. The average molecular weight is 573 g/mol. The number of rotatable bonds is 7. The number of nitrogens with one attached hydrogen (secondary N) is 3. The molecule has 5 heterocycles. The second-order valence-electron chi connectivity index (χ2n) is 10.4. The number of carbonyl (C=O) groups excluding carboxylic acids is 3. The molecular formula is C30H29FN6O5. The van der Waals surface area contributed by atoms with Crippen molar-refractivity contribution in [3.63, 3.8) is 0 Å². The Balaban J connectivity index is 1.11. The molecule has 4 aromatic rings. The van der Waals surface area contributed by atoms with E-state index < -0.39 is 41.7 Å². The third-order valence-electron chi connectivity index (χ3n) is 7.50. The summed E-state index contributed by atoms with van der Waals surface area (Å²) in [5, 5.41) is 6.22. The Labute approximate surface area is 240 Å². The van der Waals surface area contributed by atoms with E-state index in [9.17, 15) is 18.8 Å². The number of aromatic amines is 1. The fourth-order valence-electron chi connectivity index (χ4n) is 5.32. The van der Waals surface area contributed by atoms with Crippen molar-refractivity contribution >= 4 is 28.6 Å². The largest absolute Gasteiger partial charge is 0.357 e. The maximum Gasteiger partial charge on any atom is 0.273 e. The first-order chi connectivity index (χ1) is 20.3. The molecule has 3 aromatic heterocycles. The van der Waals surface area contributed by atoms with Crippen LogP contribution in [0, 0.1) is 12.7 Å². The monoisotopic (exact) mass is 572 g/mol. The van der Waals surface area contributed by atoms with E-state index in [4.69, 9.17) is 9.47 Å². The maximum atomic E-state index is 14.8. The molecule has 1 atom stereocenters. The van der Waals surface area contributed by atoms with E-state index in [1.165, 1.54) is 17.2 Å². The SMILES string of the molecule is Cc1ccc(-c2cnc(C(=O)NCC(=O)N3CC4(CC3C(=O)NCc3cc5cnccc5[nH]3)OCCO4)c(F)c2)cc1. The molecule has 0 saturated carbocycles. The van der Waals surface area contributed by atoms with Gasteiger partial charge in [0, 0.05) is 47.2 Å². The van der Waals surface area contributed by atoms with Crippen LogP contribution in [-0.2, 0) is 25.6 Å². The Morgan fingerprint density at radius 1 is 1.07 bits per heavy atom. The molecule has 1 spiro atoms. The molecule has 2 aliphatic rings. The zero-order valence-electron chi connectivity index (χ0n) is 22.9. The number of carbonyl (C=O) groups is 3. The Morgan fingerprint density at radius 2 is 1.86 bits per heavy atom. The molecule has 3 amide bonds. The fourth-order valence-corrected chi connectivity index (χ4v) is 5.32. The van der Waals surface area contributed by atoms with Crippen LogP contribution in [0.1, 0.15) is 28.2 Å². The van der Waals surface area contributed by atoms with Gasteiger partial charge in [-0.25, -0.2) is 9.37 Å². The van der Waals surface area contributed by atoms with E-state index >= 15 is 0 Å². The van der Waals surface area contributed by atoms with Crippen LogP contribution in [-0.4, -0.2) is 75.7 Å². The second kappa shape index (κ2) is 11.3. The summed E-state index contributed by atoms with van der Waals surface area (Å²) in [6, 6.07) is 11.6. The molecule has 6 rings (SSSR count). The van der Waals surface area contributed by atoms with Gasteiger partial charge >= 0.3 is 0 Å². The van der Waals surface area contributed by atoms with Crippen molar-refractivity contribution in [3.8, 4) is 11.1 Å². The first-order valence-electron chi connectivity index (χ1n) is 13.6. The number of fused-ring (bicyclic) bond motifs is 1. The quantitative estimate of drug-likeness (QED) is 0.309. The van der Waals surface area contributed by atoms with Crippen LogP contribution in [0.25, 0.3) is 22.0 Å². The summed E-state index contributed by atoms with van der Waals surface area (Å²) in [6.45, 7) is 2.41. The van der Waals surface area contributed by atoms with Crippen LogP contribution in [0.3, 0.4) is 0 Å². The summed E-state index contributed by atoms with van der Waals surface area (Å²) in [6.07, 6.45) is 4.95. The third-order valence-corrected chi connectivity index (χ3v) is 7.50. The van der Waals surface area contributed by atoms with E-state index in [2.05, 4.69) is 25.6 Å². The number of nitrogens with zero attached hydrogens (tertiary/aromatic N) is 3. The number of hydrogen-bond donors (Lipinski definition) is 3. The van der Waals surface area contributed by atoms with Crippen LogP contribution < -0.4 is 10.6 Å². The number of pyridine rings is 2. The molecule has 1 aromatic carbocycles. The highest BCUT2D eigenvalue weighted by Gasteiger charge is 2.52. The smallest absolute Gasteiger partial charge is 0.273 e. The van der Waals surface area contributed by atoms with Crippen molar-refractivity contribution < 1.29 is 28.2 Å². The Morgan fingerprint density at radius 3 is 2.60 bits per heavy atom. The summed E-state index contributed by atoms with van der Waals surface area (Å²) in [7, 11) is 0. The number of hydrogen-bond acceptors (Lipinski definition) is 7. The zero-order chi connectivity index (χ0) is 29.3. The summed E-state index contributed by atoms with van der Waals surface area (Å²) >= 11 is 0. The minimum atomic E-state index is -1.09. The van der Waals surface area contributed by atoms with E-state index in [1.807, 2.05) is 43.3 Å². The number of likely N-dealkylation sites (tertiary alicyclic amines) is 1. The van der Waals surface area contributed by atoms with Crippen LogP contribution in [0.2, 0.25) is 0 Å². The molecule has 3 N–H and O–H groups in total. The first-order valence-corrected chi connectivity index (χ1v) is 13.6. The standard InChI is InChI=1S/C30H29FN6O5/c1-18-2-4-19(5-3-18)20-11-23(31)27(33-14-20)29(40)35-16-26(38)37-17-30(41-8-9-42-30)12-25(37)28(39)34-15-22-10-21-13-32-7-6-24(21)36-22/h2-7,10-11,13-14,25,36H,8-9,12,15-17H2,1H3,(H,34,39)(H,35,40). The molecule has 12 heteroatoms. The van der Waals surface area contributed by atoms with Crippen molar-refractivity contribution in [3.05, 3.63) is 83.8 Å². The fraction of sp³-hybridized carbons (Fsp3) is 0.300. The van der Waals surface area contributed by atoms with Gasteiger partial charge in [0.05, 0.1) is 32.8 Å². The summed E-state index contributed by atoms with van der Waals surface area (Å²) < 4.78 is 26.4. The van der Waals surface area contributed by atoms with Crippen molar-refractivity contribution in [2.75, 3.05) is 26.3 Å². The molecule has 216 valence electrons. The van der Waals surface area contributed by atoms with Crippen molar-refractivity contribution in [2.45, 2.75) is 31.7 Å². The predicted octanol–water partition coefficient (Wildman–Crippen LogP) is 2.46. The van der Waals surface area contributed by atoms with Crippen molar-refractivity contribution in [2.24, 2.45) is 0 Å². The highest BCUT2D eigenvalue weighted by Crippen LogP contribution is 2.35. The summed E-state index contributed by atoms with van der Waals surface area (Å²) in [5.41, 5.74) is 3.60. The number of aryl methyl sites for hydroxylation is 1. The number of ether oxygens (including phenoxy) is 2. The molecule has 1 unspecified atom stereocenters. The van der Waals surface area contributed by atoms with Gasteiger partial charge < -0.3 is 30.0 Å². The number of halogens is 1. The molecule has 2 fully saturated rings. The second-order valence-corrected chi connectivity index (χ2v) is 10.4. The summed E-state index contributed by atoms with van der Waals surface area (Å²) in [5.74, 6) is -3.66. The Bertz CT molecular complexity index is 1620. The minimum absolute atomic E-state index is 0.0235. The molecule has 11 nitrogen and oxygen atoms in total. The number of amides is 3. The maximum absolute atomic E-state index is 14.8. The molecule has 0 bridgehead atoms. The predicted molar refractivity (Wildman–Crippen MR) is 149 cm³/mol. The van der Waals surface area contributed by atoms with E-state index in [0.29, 0.717) is 18.8 Å². The highest BCUT2D eigenvalue weighted by atomic mass is 19.1. The molecular weight excluding hydrogens is 543 g/mol. The number of aromatic nitrogens is 3. The van der Waals surface area contributed by atoms with Gasteiger partial charge in [0.1, 0.15) is 6.04 Å². The van der Waals surface area contributed by atoms with Crippen molar-refractivity contribution in [1.29, 1.82) is 0 Å². The number of benzene rings is 1. The lowest BCUT2D eigenvalue weighted by atomic mass is 10.1. The van der Waals surface area contributed by atoms with Crippen LogP contribution in [0.15, 0.2) is 61.1 Å². The minimum Gasteiger partial charge on any atom is -0.357 e. The zero-order valence-corrected chi connectivity index (χ0v) is 22.9. The molecule has 42 heavy (non-hydrogen) atoms. The van der Waals surface area contributed by atoms with Gasteiger partial charge in [0.2, 0.25) is 11.8 Å². The molecule has 2 aliphatic heterocycles. The highest BCUT2D eigenvalue weighted by molar-refractivity contribution is 5.96. The topological polar surface area (TPSA) is 139 Å². The van der Waals surface area contributed by atoms with Gasteiger partial charge in [-0.15, -0.1) is 0 Å². The lowest BCUT2D eigenvalue weighted by Crippen LogP contribution is -2.49. The lowest BCUT2D eigenvalue weighted by Gasteiger charge is -2.24. The Kier molecular flexibility index (Phi) is 7.40. The number of H-pyrrole nitrogens is 1. The molecule has 0 aliphatic carbocycles. The van der Waals surface area contributed by atoms with Gasteiger partial charge in [-0.1, -0.05) is 29.8 Å². The molecule has 2 saturated heterocycles. The van der Waals surface area contributed by atoms with Gasteiger partial charge in [-0.05, 0) is 30.7 Å². The van der Waals surface area contributed by atoms with Crippen LogP contribution >= 0.6 is 0 Å². The van der Waals surface area contributed by atoms with Crippen LogP contribution in [0.4, 0.5) is 4.39 Å². The normalized spacial score (nSPS) is 17.6. The van der Waals surface area contributed by atoms with E-state index in [0.717, 1.165) is 27.7 Å².